The van der Waals surface area contributed by atoms with Crippen molar-refractivity contribution in [3.05, 3.63) is 16.1 Å². The summed E-state index contributed by atoms with van der Waals surface area (Å²) in [6.45, 7) is 5.39. The van der Waals surface area contributed by atoms with Gasteiger partial charge in [-0.1, -0.05) is 13.8 Å². The Bertz CT molecular complexity index is 243. The summed E-state index contributed by atoms with van der Waals surface area (Å²) >= 11 is 1.78. The maximum Gasteiger partial charge on any atom is 0.0928 e. The van der Waals surface area contributed by atoms with Gasteiger partial charge in [0.2, 0.25) is 0 Å². The molecule has 0 aliphatic carbocycles. The maximum absolute atomic E-state index is 4.53. The minimum atomic E-state index is 0.775. The molecule has 13 heavy (non-hydrogen) atoms. The molecular formula is C10H18N2S. The van der Waals surface area contributed by atoms with Gasteiger partial charge < -0.3 is 5.32 Å². The quantitative estimate of drug-likeness (QED) is 0.786. The molecule has 3 heteroatoms. The Labute approximate surface area is 84.4 Å². The molecule has 0 aromatic carbocycles. The van der Waals surface area contributed by atoms with Crippen LogP contribution < -0.4 is 5.32 Å². The molecule has 1 aromatic rings. The lowest BCUT2D eigenvalue weighted by Crippen LogP contribution is -2.05. The lowest BCUT2D eigenvalue weighted by Gasteiger charge is -2.00. The van der Waals surface area contributed by atoms with Crippen LogP contribution in [0.5, 0.6) is 0 Å². The van der Waals surface area contributed by atoms with Gasteiger partial charge in [-0.2, -0.15) is 0 Å². The summed E-state index contributed by atoms with van der Waals surface area (Å²) in [6, 6.07) is 0. The topological polar surface area (TPSA) is 24.9 Å². The Morgan fingerprint density at radius 1 is 1.54 bits per heavy atom. The van der Waals surface area contributed by atoms with Gasteiger partial charge in [-0.25, -0.2) is 4.98 Å². The molecule has 1 heterocycles. The largest absolute Gasteiger partial charge is 0.314 e. The highest BCUT2D eigenvalue weighted by molar-refractivity contribution is 7.09. The average molecular weight is 198 g/mol. The van der Waals surface area contributed by atoms with Crippen molar-refractivity contribution < 1.29 is 0 Å². The van der Waals surface area contributed by atoms with Crippen LogP contribution in [0, 0.1) is 5.92 Å². The van der Waals surface area contributed by atoms with Crippen LogP contribution in [0.15, 0.2) is 5.38 Å². The van der Waals surface area contributed by atoms with Gasteiger partial charge in [-0.15, -0.1) is 11.3 Å². The van der Waals surface area contributed by atoms with E-state index in [2.05, 4.69) is 29.5 Å². The van der Waals surface area contributed by atoms with Crippen LogP contribution in [0.4, 0.5) is 0 Å². The van der Waals surface area contributed by atoms with E-state index in [1.807, 2.05) is 7.05 Å². The van der Waals surface area contributed by atoms with Crippen LogP contribution in [-0.2, 0) is 13.0 Å². The standard InChI is InChI=1S/C10H18N2S/c1-8(2)4-5-10-12-9(6-11-3)7-13-10/h7-8,11H,4-6H2,1-3H3. The molecule has 0 fully saturated rings. The summed E-state index contributed by atoms with van der Waals surface area (Å²) in [5.41, 5.74) is 1.17. The third-order valence-corrected chi connectivity index (χ3v) is 2.85. The monoisotopic (exact) mass is 198 g/mol. The van der Waals surface area contributed by atoms with Crippen LogP contribution in [0.3, 0.4) is 0 Å². The van der Waals surface area contributed by atoms with Crippen LogP contribution in [-0.4, -0.2) is 12.0 Å². The molecular weight excluding hydrogens is 180 g/mol. The van der Waals surface area contributed by atoms with Gasteiger partial charge in [-0.3, -0.25) is 0 Å². The van der Waals surface area contributed by atoms with E-state index in [0.29, 0.717) is 0 Å². The van der Waals surface area contributed by atoms with Crippen molar-refractivity contribution in [2.24, 2.45) is 5.92 Å². The molecule has 0 bridgehead atoms. The normalized spacial score (nSPS) is 11.1. The molecule has 0 aliphatic heterocycles. The van der Waals surface area contributed by atoms with Gasteiger partial charge in [0.25, 0.3) is 0 Å². The maximum atomic E-state index is 4.53. The smallest absolute Gasteiger partial charge is 0.0928 e. The van der Waals surface area contributed by atoms with E-state index in [1.54, 1.807) is 11.3 Å². The van der Waals surface area contributed by atoms with Crippen molar-refractivity contribution in [1.29, 1.82) is 0 Å². The van der Waals surface area contributed by atoms with E-state index in [1.165, 1.54) is 17.1 Å². The summed E-state index contributed by atoms with van der Waals surface area (Å²) in [6.07, 6.45) is 2.37. The molecule has 0 unspecified atom stereocenters. The first-order valence-electron chi connectivity index (χ1n) is 4.80. The number of rotatable bonds is 5. The fourth-order valence-electron chi connectivity index (χ4n) is 1.14. The highest BCUT2D eigenvalue weighted by Gasteiger charge is 2.02. The molecule has 1 rings (SSSR count). The number of aryl methyl sites for hydroxylation is 1. The van der Waals surface area contributed by atoms with E-state index in [4.69, 9.17) is 0 Å². The first-order chi connectivity index (χ1) is 6.22. The van der Waals surface area contributed by atoms with Crippen molar-refractivity contribution in [3.63, 3.8) is 0 Å². The molecule has 0 radical (unpaired) electrons. The highest BCUT2D eigenvalue weighted by Crippen LogP contribution is 2.14. The van der Waals surface area contributed by atoms with Crippen LogP contribution >= 0.6 is 11.3 Å². The van der Waals surface area contributed by atoms with E-state index in [9.17, 15) is 0 Å². The first-order valence-corrected chi connectivity index (χ1v) is 5.68. The van der Waals surface area contributed by atoms with E-state index in [-0.39, 0.29) is 0 Å². The van der Waals surface area contributed by atoms with Gasteiger partial charge in [0, 0.05) is 11.9 Å². The minimum absolute atomic E-state index is 0.775. The number of thiazole rings is 1. The van der Waals surface area contributed by atoms with Crippen molar-refractivity contribution in [2.75, 3.05) is 7.05 Å². The summed E-state index contributed by atoms with van der Waals surface area (Å²) in [7, 11) is 1.95. The number of hydrogen-bond acceptors (Lipinski definition) is 3. The van der Waals surface area contributed by atoms with Crippen LogP contribution in [0.25, 0.3) is 0 Å². The molecule has 0 amide bonds. The van der Waals surface area contributed by atoms with Gasteiger partial charge in [0.15, 0.2) is 0 Å². The highest BCUT2D eigenvalue weighted by atomic mass is 32.1. The van der Waals surface area contributed by atoms with Gasteiger partial charge in [0.1, 0.15) is 0 Å². The SMILES string of the molecule is CNCc1csc(CCC(C)C)n1. The zero-order valence-electron chi connectivity index (χ0n) is 8.63. The molecule has 74 valence electrons. The van der Waals surface area contributed by atoms with Crippen molar-refractivity contribution >= 4 is 11.3 Å². The molecule has 0 aliphatic rings. The molecule has 1 N–H and O–H groups in total. The predicted octanol–water partition coefficient (Wildman–Crippen LogP) is 2.45. The first kappa shape index (κ1) is 10.7. The van der Waals surface area contributed by atoms with E-state index in [0.717, 1.165) is 18.9 Å². The molecule has 2 nitrogen and oxygen atoms in total. The Morgan fingerprint density at radius 2 is 2.31 bits per heavy atom. The van der Waals surface area contributed by atoms with Crippen molar-refractivity contribution in [2.45, 2.75) is 33.2 Å². The van der Waals surface area contributed by atoms with Crippen LogP contribution in [0.1, 0.15) is 31.0 Å². The molecule has 1 aromatic heterocycles. The third-order valence-electron chi connectivity index (χ3n) is 1.89. The summed E-state index contributed by atoms with van der Waals surface area (Å²) < 4.78 is 0. The minimum Gasteiger partial charge on any atom is -0.314 e. The Hall–Kier alpha value is -0.410. The van der Waals surface area contributed by atoms with Crippen molar-refractivity contribution in [3.8, 4) is 0 Å². The van der Waals surface area contributed by atoms with E-state index < -0.39 is 0 Å². The van der Waals surface area contributed by atoms with Gasteiger partial charge >= 0.3 is 0 Å². The zero-order chi connectivity index (χ0) is 9.68. The fraction of sp³-hybridized carbons (Fsp3) is 0.700. The molecule has 0 atom stereocenters. The van der Waals surface area contributed by atoms with Gasteiger partial charge in [0.05, 0.1) is 10.7 Å². The molecule has 0 saturated heterocycles. The fourth-order valence-corrected chi connectivity index (χ4v) is 1.95. The van der Waals surface area contributed by atoms with Gasteiger partial charge in [-0.05, 0) is 25.8 Å². The Balaban J connectivity index is 2.39. The second-order valence-corrected chi connectivity index (χ2v) is 4.64. The molecule has 0 saturated carbocycles. The van der Waals surface area contributed by atoms with E-state index >= 15 is 0 Å². The molecule has 0 spiro atoms. The van der Waals surface area contributed by atoms with Crippen LogP contribution in [0.2, 0.25) is 0 Å². The zero-order valence-corrected chi connectivity index (χ0v) is 9.45. The summed E-state index contributed by atoms with van der Waals surface area (Å²) in [5.74, 6) is 0.775. The average Bonchev–Trinajstić information content (AvgIpc) is 2.50. The summed E-state index contributed by atoms with van der Waals surface area (Å²) in [4.78, 5) is 4.53. The lowest BCUT2D eigenvalue weighted by molar-refractivity contribution is 0.584. The number of aromatic nitrogens is 1. The summed E-state index contributed by atoms with van der Waals surface area (Å²) in [5, 5.41) is 6.53. The Kier molecular flexibility index (Phi) is 4.39. The second kappa shape index (κ2) is 5.35. The number of nitrogens with one attached hydrogen (secondary N) is 1. The van der Waals surface area contributed by atoms with Crippen molar-refractivity contribution in [1.82, 2.24) is 10.3 Å². The predicted molar refractivity (Wildman–Crippen MR) is 58.0 cm³/mol. The lowest BCUT2D eigenvalue weighted by atomic mass is 10.1. The third kappa shape index (κ3) is 3.87. The second-order valence-electron chi connectivity index (χ2n) is 3.70. The Morgan fingerprint density at radius 3 is 2.92 bits per heavy atom. The number of hydrogen-bond donors (Lipinski definition) is 1. The number of nitrogens with zero attached hydrogens (tertiary/aromatic N) is 1.